The predicted octanol–water partition coefficient (Wildman–Crippen LogP) is 2.74. The largest absolute Gasteiger partial charge is 0.352 e. The summed E-state index contributed by atoms with van der Waals surface area (Å²) in [6.07, 6.45) is 6.38. The second-order valence-electron chi connectivity index (χ2n) is 7.29. The Balaban J connectivity index is 0.00000243. The molecule has 2 amide bonds. The lowest BCUT2D eigenvalue weighted by Gasteiger charge is -2.31. The smallest absolute Gasteiger partial charge is 0.253 e. The number of carbonyl (C=O) groups is 2. The highest BCUT2D eigenvalue weighted by atomic mass is 35.5. The lowest BCUT2D eigenvalue weighted by Crippen LogP contribution is -2.43. The SMILES string of the molecule is CN(C(=O)c1ccc(CNC(=O)C2CCCC2)cc1)C1CCNCC1.Cl. The summed E-state index contributed by atoms with van der Waals surface area (Å²) in [7, 11) is 1.90. The quantitative estimate of drug-likeness (QED) is 0.826. The van der Waals surface area contributed by atoms with Gasteiger partial charge in [0.25, 0.3) is 5.91 Å². The monoisotopic (exact) mass is 379 g/mol. The van der Waals surface area contributed by atoms with E-state index in [0.717, 1.165) is 44.3 Å². The Hall–Kier alpha value is -1.59. The fourth-order valence-corrected chi connectivity index (χ4v) is 3.85. The Morgan fingerprint density at radius 1 is 1.08 bits per heavy atom. The second-order valence-corrected chi connectivity index (χ2v) is 7.29. The lowest BCUT2D eigenvalue weighted by molar-refractivity contribution is -0.124. The molecule has 144 valence electrons. The predicted molar refractivity (Wildman–Crippen MR) is 105 cm³/mol. The van der Waals surface area contributed by atoms with Crippen LogP contribution in [0.5, 0.6) is 0 Å². The normalized spacial score (nSPS) is 18.2. The summed E-state index contributed by atoms with van der Waals surface area (Å²) >= 11 is 0. The maximum Gasteiger partial charge on any atom is 0.253 e. The average molecular weight is 380 g/mol. The van der Waals surface area contributed by atoms with Gasteiger partial charge in [0.1, 0.15) is 0 Å². The number of benzene rings is 1. The summed E-state index contributed by atoms with van der Waals surface area (Å²) in [6.45, 7) is 2.48. The van der Waals surface area contributed by atoms with E-state index in [4.69, 9.17) is 0 Å². The third-order valence-corrected chi connectivity index (χ3v) is 5.57. The molecule has 0 aromatic heterocycles. The molecule has 1 aliphatic carbocycles. The third kappa shape index (κ3) is 5.21. The summed E-state index contributed by atoms with van der Waals surface area (Å²) in [5, 5.41) is 6.35. The van der Waals surface area contributed by atoms with Crippen molar-refractivity contribution in [1.29, 1.82) is 0 Å². The van der Waals surface area contributed by atoms with Gasteiger partial charge in [-0.3, -0.25) is 9.59 Å². The number of hydrogen-bond donors (Lipinski definition) is 2. The molecule has 3 rings (SSSR count). The number of carbonyl (C=O) groups excluding carboxylic acids is 2. The van der Waals surface area contributed by atoms with Crippen LogP contribution in [0.3, 0.4) is 0 Å². The Labute approximate surface area is 162 Å². The minimum absolute atomic E-state index is 0. The van der Waals surface area contributed by atoms with Crippen LogP contribution >= 0.6 is 12.4 Å². The van der Waals surface area contributed by atoms with Crippen LogP contribution in [0, 0.1) is 5.92 Å². The van der Waals surface area contributed by atoms with Crippen molar-refractivity contribution in [2.24, 2.45) is 5.92 Å². The number of halogens is 1. The van der Waals surface area contributed by atoms with Gasteiger partial charge < -0.3 is 15.5 Å². The van der Waals surface area contributed by atoms with E-state index >= 15 is 0 Å². The van der Waals surface area contributed by atoms with E-state index in [2.05, 4.69) is 10.6 Å². The molecule has 0 atom stereocenters. The average Bonchev–Trinajstić information content (AvgIpc) is 3.21. The van der Waals surface area contributed by atoms with Gasteiger partial charge in [-0.2, -0.15) is 0 Å². The molecule has 0 radical (unpaired) electrons. The zero-order valence-corrected chi connectivity index (χ0v) is 16.3. The third-order valence-electron chi connectivity index (χ3n) is 5.57. The molecule has 1 saturated heterocycles. The fraction of sp³-hybridized carbons (Fsp3) is 0.600. The molecule has 0 bridgehead atoms. The second kappa shape index (κ2) is 9.93. The van der Waals surface area contributed by atoms with Crippen LogP contribution in [0.25, 0.3) is 0 Å². The Morgan fingerprint density at radius 2 is 1.69 bits per heavy atom. The molecule has 1 aliphatic heterocycles. The first-order valence-electron chi connectivity index (χ1n) is 9.49. The van der Waals surface area contributed by atoms with Crippen molar-refractivity contribution in [2.75, 3.05) is 20.1 Å². The molecule has 26 heavy (non-hydrogen) atoms. The first-order chi connectivity index (χ1) is 12.1. The van der Waals surface area contributed by atoms with Crippen LogP contribution in [-0.2, 0) is 11.3 Å². The van der Waals surface area contributed by atoms with Crippen molar-refractivity contribution in [3.05, 3.63) is 35.4 Å². The number of rotatable bonds is 5. The first kappa shape index (κ1) is 20.7. The molecule has 0 spiro atoms. The Bertz CT molecular complexity index is 594. The number of nitrogens with zero attached hydrogens (tertiary/aromatic N) is 1. The van der Waals surface area contributed by atoms with Gasteiger partial charge in [-0.15, -0.1) is 12.4 Å². The summed E-state index contributed by atoms with van der Waals surface area (Å²) in [4.78, 5) is 26.6. The van der Waals surface area contributed by atoms with Crippen molar-refractivity contribution in [2.45, 2.75) is 51.1 Å². The van der Waals surface area contributed by atoms with E-state index < -0.39 is 0 Å². The van der Waals surface area contributed by atoms with Crippen LogP contribution in [0.2, 0.25) is 0 Å². The molecule has 1 aromatic carbocycles. The van der Waals surface area contributed by atoms with Crippen molar-refractivity contribution < 1.29 is 9.59 Å². The van der Waals surface area contributed by atoms with Crippen molar-refractivity contribution in [3.8, 4) is 0 Å². The van der Waals surface area contributed by atoms with Crippen LogP contribution < -0.4 is 10.6 Å². The van der Waals surface area contributed by atoms with Crippen LogP contribution in [0.4, 0.5) is 0 Å². The van der Waals surface area contributed by atoms with Gasteiger partial charge >= 0.3 is 0 Å². The van der Waals surface area contributed by atoms with E-state index in [1.807, 2.05) is 36.2 Å². The number of hydrogen-bond acceptors (Lipinski definition) is 3. The van der Waals surface area contributed by atoms with E-state index in [1.54, 1.807) is 0 Å². The number of piperidine rings is 1. The summed E-state index contributed by atoms with van der Waals surface area (Å²) < 4.78 is 0. The summed E-state index contributed by atoms with van der Waals surface area (Å²) in [5.74, 6) is 0.441. The Morgan fingerprint density at radius 3 is 2.31 bits per heavy atom. The lowest BCUT2D eigenvalue weighted by atomic mass is 10.0. The molecular formula is C20H30ClN3O2. The van der Waals surface area contributed by atoms with Gasteiger partial charge in [-0.05, 0) is 56.5 Å². The van der Waals surface area contributed by atoms with Gasteiger partial charge in [-0.25, -0.2) is 0 Å². The molecule has 1 saturated carbocycles. The summed E-state index contributed by atoms with van der Waals surface area (Å²) in [5.41, 5.74) is 1.75. The minimum Gasteiger partial charge on any atom is -0.352 e. The summed E-state index contributed by atoms with van der Waals surface area (Å²) in [6, 6.07) is 7.95. The molecule has 6 heteroatoms. The van der Waals surface area contributed by atoms with Gasteiger partial charge in [0, 0.05) is 31.1 Å². The van der Waals surface area contributed by atoms with Crippen LogP contribution in [0.15, 0.2) is 24.3 Å². The van der Waals surface area contributed by atoms with Crippen LogP contribution in [0.1, 0.15) is 54.4 Å². The molecule has 2 fully saturated rings. The first-order valence-corrected chi connectivity index (χ1v) is 9.49. The van der Waals surface area contributed by atoms with Crippen LogP contribution in [-0.4, -0.2) is 42.9 Å². The standard InChI is InChI=1S/C20H29N3O2.ClH/c1-23(18-10-12-21-13-11-18)20(25)17-8-6-15(7-9-17)14-22-19(24)16-4-2-3-5-16;/h6-9,16,18,21H,2-5,10-14H2,1H3,(H,22,24);1H. The maximum absolute atomic E-state index is 12.6. The molecule has 5 nitrogen and oxygen atoms in total. The molecule has 2 aliphatic rings. The minimum atomic E-state index is 0. The maximum atomic E-state index is 12.6. The highest BCUT2D eigenvalue weighted by molar-refractivity contribution is 5.94. The van der Waals surface area contributed by atoms with Gasteiger partial charge in [-0.1, -0.05) is 25.0 Å². The van der Waals surface area contributed by atoms with E-state index in [9.17, 15) is 9.59 Å². The highest BCUT2D eigenvalue weighted by Crippen LogP contribution is 2.24. The van der Waals surface area contributed by atoms with Gasteiger partial charge in [0.15, 0.2) is 0 Å². The van der Waals surface area contributed by atoms with Crippen molar-refractivity contribution in [1.82, 2.24) is 15.5 Å². The topological polar surface area (TPSA) is 61.4 Å². The zero-order chi connectivity index (χ0) is 17.6. The molecular weight excluding hydrogens is 350 g/mol. The number of amides is 2. The molecule has 1 heterocycles. The molecule has 0 unspecified atom stereocenters. The van der Waals surface area contributed by atoms with E-state index in [1.165, 1.54) is 12.8 Å². The van der Waals surface area contributed by atoms with Crippen molar-refractivity contribution >= 4 is 24.2 Å². The molecule has 2 N–H and O–H groups in total. The zero-order valence-electron chi connectivity index (χ0n) is 15.5. The fourth-order valence-electron chi connectivity index (χ4n) is 3.85. The molecule has 1 aromatic rings. The van der Waals surface area contributed by atoms with Crippen molar-refractivity contribution in [3.63, 3.8) is 0 Å². The van der Waals surface area contributed by atoms with E-state index in [0.29, 0.717) is 18.2 Å². The number of nitrogens with one attached hydrogen (secondary N) is 2. The highest BCUT2D eigenvalue weighted by Gasteiger charge is 2.23. The van der Waals surface area contributed by atoms with Gasteiger partial charge in [0.2, 0.25) is 5.91 Å². The van der Waals surface area contributed by atoms with E-state index in [-0.39, 0.29) is 30.1 Å². The Kier molecular flexibility index (Phi) is 7.91. The van der Waals surface area contributed by atoms with Gasteiger partial charge in [0.05, 0.1) is 0 Å².